The Bertz CT molecular complexity index is 1380. The predicted molar refractivity (Wildman–Crippen MR) is 123 cm³/mol. The smallest absolute Gasteiger partial charge is 0.261 e. The molecule has 0 aliphatic rings. The van der Waals surface area contributed by atoms with Crippen LogP contribution in [0.15, 0.2) is 83.9 Å². The van der Waals surface area contributed by atoms with Gasteiger partial charge < -0.3 is 5.32 Å². The van der Waals surface area contributed by atoms with E-state index in [1.54, 1.807) is 24.4 Å². The monoisotopic (exact) mass is 431 g/mol. The Morgan fingerprint density at radius 3 is 2.45 bits per heavy atom. The number of carbonyl (C=O) groups is 1. The van der Waals surface area contributed by atoms with Gasteiger partial charge in [-0.2, -0.15) is 0 Å². The number of nitrogens with one attached hydrogen (secondary N) is 2. The molecule has 0 bridgehead atoms. The molecule has 4 aromatic rings. The van der Waals surface area contributed by atoms with Gasteiger partial charge in [0.1, 0.15) is 0 Å². The SMILES string of the molecule is Cc1cccc(NS(=O)(=O)c2ccc(C(=O)Nc3ccc4ncccc4c3)cc2)c1C. The van der Waals surface area contributed by atoms with Crippen molar-refractivity contribution in [3.05, 3.63) is 95.7 Å². The molecule has 0 atom stereocenters. The molecule has 2 N–H and O–H groups in total. The van der Waals surface area contributed by atoms with Crippen LogP contribution in [0.4, 0.5) is 11.4 Å². The second-order valence-corrected chi connectivity index (χ2v) is 8.92. The summed E-state index contributed by atoms with van der Waals surface area (Å²) in [5, 5.41) is 3.75. The molecule has 31 heavy (non-hydrogen) atoms. The minimum absolute atomic E-state index is 0.0849. The lowest BCUT2D eigenvalue weighted by Crippen LogP contribution is -2.15. The molecule has 0 spiro atoms. The van der Waals surface area contributed by atoms with Crippen LogP contribution in [0.3, 0.4) is 0 Å². The van der Waals surface area contributed by atoms with Crippen molar-refractivity contribution in [2.75, 3.05) is 10.0 Å². The van der Waals surface area contributed by atoms with E-state index in [9.17, 15) is 13.2 Å². The van der Waals surface area contributed by atoms with Gasteiger partial charge in [0.05, 0.1) is 16.1 Å². The van der Waals surface area contributed by atoms with Crippen LogP contribution in [0.1, 0.15) is 21.5 Å². The van der Waals surface area contributed by atoms with E-state index in [-0.39, 0.29) is 10.8 Å². The summed E-state index contributed by atoms with van der Waals surface area (Å²) >= 11 is 0. The van der Waals surface area contributed by atoms with Crippen molar-refractivity contribution in [1.29, 1.82) is 0 Å². The molecule has 0 radical (unpaired) electrons. The maximum atomic E-state index is 12.7. The Kier molecular flexibility index (Phi) is 5.44. The maximum Gasteiger partial charge on any atom is 0.261 e. The molecule has 0 aliphatic carbocycles. The van der Waals surface area contributed by atoms with E-state index in [0.717, 1.165) is 22.0 Å². The Hall–Kier alpha value is -3.71. The second-order valence-electron chi connectivity index (χ2n) is 7.24. The highest BCUT2D eigenvalue weighted by molar-refractivity contribution is 7.92. The fraction of sp³-hybridized carbons (Fsp3) is 0.0833. The lowest BCUT2D eigenvalue weighted by Gasteiger charge is -2.12. The van der Waals surface area contributed by atoms with E-state index in [2.05, 4.69) is 15.0 Å². The first-order valence-electron chi connectivity index (χ1n) is 9.69. The summed E-state index contributed by atoms with van der Waals surface area (Å²) in [6.07, 6.45) is 1.71. The molecule has 0 fully saturated rings. The summed E-state index contributed by atoms with van der Waals surface area (Å²) in [6, 6.07) is 20.5. The first-order chi connectivity index (χ1) is 14.8. The first kappa shape index (κ1) is 20.6. The average Bonchev–Trinajstić information content (AvgIpc) is 2.77. The fourth-order valence-electron chi connectivity index (χ4n) is 3.21. The fourth-order valence-corrected chi connectivity index (χ4v) is 4.33. The molecule has 3 aromatic carbocycles. The number of nitrogens with zero attached hydrogens (tertiary/aromatic N) is 1. The Labute approximate surface area is 181 Å². The zero-order chi connectivity index (χ0) is 22.0. The van der Waals surface area contributed by atoms with Crippen molar-refractivity contribution >= 4 is 38.2 Å². The van der Waals surface area contributed by atoms with Gasteiger partial charge in [0.15, 0.2) is 0 Å². The third kappa shape index (κ3) is 4.41. The van der Waals surface area contributed by atoms with Crippen molar-refractivity contribution in [2.45, 2.75) is 18.7 Å². The van der Waals surface area contributed by atoms with E-state index < -0.39 is 10.0 Å². The number of benzene rings is 3. The average molecular weight is 432 g/mol. The number of hydrogen-bond acceptors (Lipinski definition) is 4. The molecular formula is C24H21N3O3S. The number of rotatable bonds is 5. The summed E-state index contributed by atoms with van der Waals surface area (Å²) < 4.78 is 28.1. The second kappa shape index (κ2) is 8.20. The number of aryl methyl sites for hydroxylation is 1. The molecule has 0 unspecified atom stereocenters. The minimum Gasteiger partial charge on any atom is -0.322 e. The van der Waals surface area contributed by atoms with Crippen LogP contribution in [0, 0.1) is 13.8 Å². The molecule has 0 aliphatic heterocycles. The van der Waals surface area contributed by atoms with Gasteiger partial charge in [-0.05, 0) is 79.6 Å². The van der Waals surface area contributed by atoms with Gasteiger partial charge in [0.25, 0.3) is 15.9 Å². The zero-order valence-electron chi connectivity index (χ0n) is 17.1. The predicted octanol–water partition coefficient (Wildman–Crippen LogP) is 4.90. The van der Waals surface area contributed by atoms with Gasteiger partial charge in [-0.3, -0.25) is 14.5 Å². The lowest BCUT2D eigenvalue weighted by molar-refractivity contribution is 0.102. The molecular weight excluding hydrogens is 410 g/mol. The molecule has 0 saturated heterocycles. The van der Waals surface area contributed by atoms with E-state index in [4.69, 9.17) is 0 Å². The van der Waals surface area contributed by atoms with Crippen molar-refractivity contribution in [3.63, 3.8) is 0 Å². The van der Waals surface area contributed by atoms with Gasteiger partial charge in [-0.25, -0.2) is 8.42 Å². The number of fused-ring (bicyclic) bond motifs is 1. The zero-order valence-corrected chi connectivity index (χ0v) is 17.9. The number of anilines is 2. The van der Waals surface area contributed by atoms with Gasteiger partial charge in [0.2, 0.25) is 0 Å². The maximum absolute atomic E-state index is 12.7. The standard InChI is InChI=1S/C24H21N3O3S/c1-16-5-3-7-22(17(16)2)27-31(29,30)21-11-8-18(9-12-21)24(28)26-20-10-13-23-19(15-20)6-4-14-25-23/h3-15,27H,1-2H3,(H,26,28). The largest absolute Gasteiger partial charge is 0.322 e. The van der Waals surface area contributed by atoms with Gasteiger partial charge in [-0.1, -0.05) is 18.2 Å². The molecule has 6 nitrogen and oxygen atoms in total. The van der Waals surface area contributed by atoms with Crippen LogP contribution in [0.2, 0.25) is 0 Å². The third-order valence-electron chi connectivity index (χ3n) is 5.14. The Balaban J connectivity index is 1.51. The van der Waals surface area contributed by atoms with E-state index >= 15 is 0 Å². The van der Waals surface area contributed by atoms with Crippen molar-refractivity contribution < 1.29 is 13.2 Å². The molecule has 0 saturated carbocycles. The number of sulfonamides is 1. The van der Waals surface area contributed by atoms with Crippen LogP contribution < -0.4 is 10.0 Å². The van der Waals surface area contributed by atoms with E-state index in [1.165, 1.54) is 24.3 Å². The topological polar surface area (TPSA) is 88.2 Å². The summed E-state index contributed by atoms with van der Waals surface area (Å²) in [5.74, 6) is -0.324. The quantitative estimate of drug-likeness (QED) is 0.470. The summed E-state index contributed by atoms with van der Waals surface area (Å²) in [7, 11) is -3.77. The van der Waals surface area contributed by atoms with Crippen LogP contribution in [0.25, 0.3) is 10.9 Å². The van der Waals surface area contributed by atoms with Crippen molar-refractivity contribution in [3.8, 4) is 0 Å². The van der Waals surface area contributed by atoms with Gasteiger partial charge >= 0.3 is 0 Å². The van der Waals surface area contributed by atoms with Gasteiger partial charge in [0, 0.05) is 22.8 Å². The Morgan fingerprint density at radius 1 is 0.903 bits per heavy atom. The summed E-state index contributed by atoms with van der Waals surface area (Å²) in [6.45, 7) is 3.79. The normalized spacial score (nSPS) is 11.3. The highest BCUT2D eigenvalue weighted by atomic mass is 32.2. The number of carbonyl (C=O) groups excluding carboxylic acids is 1. The molecule has 1 amide bonds. The van der Waals surface area contributed by atoms with Crippen molar-refractivity contribution in [1.82, 2.24) is 4.98 Å². The number of aromatic nitrogens is 1. The third-order valence-corrected chi connectivity index (χ3v) is 6.52. The highest BCUT2D eigenvalue weighted by Gasteiger charge is 2.17. The van der Waals surface area contributed by atoms with Crippen LogP contribution in [-0.2, 0) is 10.0 Å². The molecule has 1 aromatic heterocycles. The molecule has 1 heterocycles. The number of hydrogen-bond donors (Lipinski definition) is 2. The summed E-state index contributed by atoms with van der Waals surface area (Å²) in [5.41, 5.74) is 4.24. The molecule has 7 heteroatoms. The Morgan fingerprint density at radius 2 is 1.68 bits per heavy atom. The summed E-state index contributed by atoms with van der Waals surface area (Å²) in [4.78, 5) is 16.9. The van der Waals surface area contributed by atoms with Crippen molar-refractivity contribution in [2.24, 2.45) is 0 Å². The first-order valence-corrected chi connectivity index (χ1v) is 11.2. The minimum atomic E-state index is -3.77. The van der Waals surface area contributed by atoms with Crippen LogP contribution in [-0.4, -0.2) is 19.3 Å². The molecule has 4 rings (SSSR count). The van der Waals surface area contributed by atoms with Gasteiger partial charge in [-0.15, -0.1) is 0 Å². The number of amides is 1. The van der Waals surface area contributed by atoms with Crippen LogP contribution in [0.5, 0.6) is 0 Å². The number of pyridine rings is 1. The molecule has 156 valence electrons. The van der Waals surface area contributed by atoms with E-state index in [1.807, 2.05) is 44.2 Å². The van der Waals surface area contributed by atoms with E-state index in [0.29, 0.717) is 16.9 Å². The lowest BCUT2D eigenvalue weighted by atomic mass is 10.1. The van der Waals surface area contributed by atoms with Crippen LogP contribution >= 0.6 is 0 Å². The highest BCUT2D eigenvalue weighted by Crippen LogP contribution is 2.23.